The molecule has 20 heavy (non-hydrogen) atoms. The van der Waals surface area contributed by atoms with Gasteiger partial charge in [-0.25, -0.2) is 4.79 Å². The lowest BCUT2D eigenvalue weighted by molar-refractivity contribution is 0.0698. The van der Waals surface area contributed by atoms with E-state index < -0.39 is 11.9 Å². The van der Waals surface area contributed by atoms with E-state index in [1.165, 1.54) is 13.2 Å². The summed E-state index contributed by atoms with van der Waals surface area (Å²) in [6, 6.07) is 12.9. The fourth-order valence-electron chi connectivity index (χ4n) is 1.74. The summed E-state index contributed by atoms with van der Waals surface area (Å²) in [5.41, 5.74) is 0.695. The van der Waals surface area contributed by atoms with Crippen molar-refractivity contribution in [1.29, 1.82) is 0 Å². The van der Waals surface area contributed by atoms with Gasteiger partial charge in [0.25, 0.3) is 5.91 Å². The van der Waals surface area contributed by atoms with E-state index in [4.69, 9.17) is 9.84 Å². The van der Waals surface area contributed by atoms with Crippen molar-refractivity contribution in [1.82, 2.24) is 0 Å². The van der Waals surface area contributed by atoms with E-state index >= 15 is 0 Å². The lowest BCUT2D eigenvalue weighted by Crippen LogP contribution is -2.14. The monoisotopic (exact) mass is 271 g/mol. The largest absolute Gasteiger partial charge is 0.497 e. The van der Waals surface area contributed by atoms with Crippen LogP contribution in [0.5, 0.6) is 5.75 Å². The molecule has 0 unspecified atom stereocenters. The number of methoxy groups -OCH3 is 1. The molecule has 0 fully saturated rings. The minimum Gasteiger partial charge on any atom is -0.497 e. The fourth-order valence-corrected chi connectivity index (χ4v) is 1.74. The van der Waals surface area contributed by atoms with Crippen molar-refractivity contribution >= 4 is 17.6 Å². The highest BCUT2D eigenvalue weighted by Gasteiger charge is 2.13. The Morgan fingerprint density at radius 1 is 1.10 bits per heavy atom. The quantitative estimate of drug-likeness (QED) is 0.896. The molecule has 0 aliphatic heterocycles. The van der Waals surface area contributed by atoms with E-state index in [1.54, 1.807) is 42.5 Å². The number of anilines is 1. The zero-order chi connectivity index (χ0) is 14.5. The number of ether oxygens (including phenoxy) is 1. The van der Waals surface area contributed by atoms with Crippen LogP contribution >= 0.6 is 0 Å². The topological polar surface area (TPSA) is 75.6 Å². The number of nitrogens with one attached hydrogen (secondary N) is 1. The van der Waals surface area contributed by atoms with Crippen molar-refractivity contribution in [3.8, 4) is 5.75 Å². The van der Waals surface area contributed by atoms with Gasteiger partial charge in [-0.05, 0) is 30.3 Å². The molecule has 2 aromatic rings. The van der Waals surface area contributed by atoms with Crippen molar-refractivity contribution in [3.05, 3.63) is 59.7 Å². The van der Waals surface area contributed by atoms with Gasteiger partial charge in [-0.1, -0.05) is 18.2 Å². The predicted octanol–water partition coefficient (Wildman–Crippen LogP) is 2.65. The highest BCUT2D eigenvalue weighted by atomic mass is 16.5. The fraction of sp³-hybridized carbons (Fsp3) is 0.0667. The molecule has 5 nitrogen and oxygen atoms in total. The van der Waals surface area contributed by atoms with E-state index in [0.29, 0.717) is 11.3 Å². The van der Waals surface area contributed by atoms with Crippen LogP contribution in [0.25, 0.3) is 0 Å². The van der Waals surface area contributed by atoms with Crippen LogP contribution in [-0.2, 0) is 0 Å². The van der Waals surface area contributed by atoms with E-state index in [-0.39, 0.29) is 11.3 Å². The summed E-state index contributed by atoms with van der Waals surface area (Å²) in [6.45, 7) is 0. The maximum Gasteiger partial charge on any atom is 0.337 e. The zero-order valence-electron chi connectivity index (χ0n) is 10.8. The van der Waals surface area contributed by atoms with Gasteiger partial charge < -0.3 is 15.2 Å². The molecule has 0 aliphatic rings. The zero-order valence-corrected chi connectivity index (χ0v) is 10.8. The van der Waals surface area contributed by atoms with Crippen molar-refractivity contribution in [2.45, 2.75) is 0 Å². The standard InChI is InChI=1S/C15H13NO4/c1-20-11-6-4-5-10(9-11)14(17)16-13-8-3-2-7-12(13)15(18)19/h2-9H,1H3,(H,16,17)(H,18,19). The number of carboxylic acids is 1. The Morgan fingerprint density at radius 2 is 1.85 bits per heavy atom. The minimum absolute atomic E-state index is 0.0451. The highest BCUT2D eigenvalue weighted by molar-refractivity contribution is 6.07. The number of carboxylic acid groups (broad SMARTS) is 1. The number of carbonyl (C=O) groups is 2. The van der Waals surface area contributed by atoms with Crippen LogP contribution in [0, 0.1) is 0 Å². The Bertz CT molecular complexity index is 652. The highest BCUT2D eigenvalue weighted by Crippen LogP contribution is 2.18. The number of carbonyl (C=O) groups excluding carboxylic acids is 1. The molecule has 0 atom stereocenters. The molecule has 0 aliphatic carbocycles. The molecule has 2 rings (SSSR count). The number of benzene rings is 2. The van der Waals surface area contributed by atoms with Crippen LogP contribution < -0.4 is 10.1 Å². The van der Waals surface area contributed by atoms with Crippen LogP contribution in [0.1, 0.15) is 20.7 Å². The third kappa shape index (κ3) is 2.95. The van der Waals surface area contributed by atoms with Crippen molar-refractivity contribution < 1.29 is 19.4 Å². The van der Waals surface area contributed by atoms with Gasteiger partial charge in [0.05, 0.1) is 18.4 Å². The van der Waals surface area contributed by atoms with Gasteiger partial charge in [-0.3, -0.25) is 4.79 Å². The molecule has 0 bridgehead atoms. The first kappa shape index (κ1) is 13.6. The molecule has 5 heteroatoms. The van der Waals surface area contributed by atoms with Gasteiger partial charge in [-0.2, -0.15) is 0 Å². The second-order valence-electron chi connectivity index (χ2n) is 4.04. The smallest absolute Gasteiger partial charge is 0.337 e. The average molecular weight is 271 g/mol. The Hall–Kier alpha value is -2.82. The molecule has 0 radical (unpaired) electrons. The maximum absolute atomic E-state index is 12.1. The Labute approximate surface area is 115 Å². The first-order valence-electron chi connectivity index (χ1n) is 5.89. The molecule has 0 saturated heterocycles. The van der Waals surface area contributed by atoms with E-state index in [1.807, 2.05) is 0 Å². The number of aromatic carboxylic acids is 1. The third-order valence-corrected chi connectivity index (χ3v) is 2.74. The van der Waals surface area contributed by atoms with Gasteiger partial charge in [-0.15, -0.1) is 0 Å². The summed E-state index contributed by atoms with van der Waals surface area (Å²) in [5, 5.41) is 11.6. The first-order valence-corrected chi connectivity index (χ1v) is 5.89. The number of amides is 1. The number of hydrogen-bond donors (Lipinski definition) is 2. The van der Waals surface area contributed by atoms with Crippen molar-refractivity contribution in [3.63, 3.8) is 0 Å². The van der Waals surface area contributed by atoms with Crippen LogP contribution in [0.4, 0.5) is 5.69 Å². The molecular formula is C15H13NO4. The molecule has 0 spiro atoms. The van der Waals surface area contributed by atoms with E-state index in [9.17, 15) is 9.59 Å². The lowest BCUT2D eigenvalue weighted by Gasteiger charge is -2.09. The summed E-state index contributed by atoms with van der Waals surface area (Å²) >= 11 is 0. The summed E-state index contributed by atoms with van der Waals surface area (Å²) in [5.74, 6) is -0.923. The van der Waals surface area contributed by atoms with Gasteiger partial charge in [0.1, 0.15) is 5.75 Å². The maximum atomic E-state index is 12.1. The van der Waals surface area contributed by atoms with Gasteiger partial charge >= 0.3 is 5.97 Å². The molecule has 0 aromatic heterocycles. The Balaban J connectivity index is 2.25. The molecule has 0 saturated carbocycles. The lowest BCUT2D eigenvalue weighted by atomic mass is 10.1. The number of hydrogen-bond acceptors (Lipinski definition) is 3. The van der Waals surface area contributed by atoms with E-state index in [0.717, 1.165) is 0 Å². The normalized spacial score (nSPS) is 9.85. The minimum atomic E-state index is -1.09. The summed E-state index contributed by atoms with van der Waals surface area (Å²) in [4.78, 5) is 23.2. The van der Waals surface area contributed by atoms with Crippen LogP contribution in [0.15, 0.2) is 48.5 Å². The van der Waals surface area contributed by atoms with Crippen molar-refractivity contribution in [2.75, 3.05) is 12.4 Å². The van der Waals surface area contributed by atoms with Crippen LogP contribution in [0.2, 0.25) is 0 Å². The van der Waals surface area contributed by atoms with Crippen molar-refractivity contribution in [2.24, 2.45) is 0 Å². The molecule has 0 heterocycles. The average Bonchev–Trinajstić information content (AvgIpc) is 2.47. The van der Waals surface area contributed by atoms with Crippen LogP contribution in [0.3, 0.4) is 0 Å². The molecule has 1 amide bonds. The van der Waals surface area contributed by atoms with Gasteiger partial charge in [0, 0.05) is 5.56 Å². The van der Waals surface area contributed by atoms with Gasteiger partial charge in [0.15, 0.2) is 0 Å². The third-order valence-electron chi connectivity index (χ3n) is 2.74. The molecule has 102 valence electrons. The van der Waals surface area contributed by atoms with Gasteiger partial charge in [0.2, 0.25) is 0 Å². The molecule has 2 aromatic carbocycles. The second kappa shape index (κ2) is 5.88. The number of rotatable bonds is 4. The first-order chi connectivity index (χ1) is 9.61. The Kier molecular flexibility index (Phi) is 4.00. The second-order valence-corrected chi connectivity index (χ2v) is 4.04. The van der Waals surface area contributed by atoms with Crippen LogP contribution in [-0.4, -0.2) is 24.1 Å². The summed E-state index contributed by atoms with van der Waals surface area (Å²) in [6.07, 6.45) is 0. The predicted molar refractivity (Wildman–Crippen MR) is 74.3 cm³/mol. The number of para-hydroxylation sites is 1. The molecule has 2 N–H and O–H groups in total. The van der Waals surface area contributed by atoms with E-state index in [2.05, 4.69) is 5.32 Å². The molecular weight excluding hydrogens is 258 g/mol. The summed E-state index contributed by atoms with van der Waals surface area (Å²) in [7, 11) is 1.51. The summed E-state index contributed by atoms with van der Waals surface area (Å²) < 4.78 is 5.04. The SMILES string of the molecule is COc1cccc(C(=O)Nc2ccccc2C(=O)O)c1. The Morgan fingerprint density at radius 3 is 2.55 bits per heavy atom.